The summed E-state index contributed by atoms with van der Waals surface area (Å²) in [6.07, 6.45) is -10.3. The monoisotopic (exact) mass is 530 g/mol. The summed E-state index contributed by atoms with van der Waals surface area (Å²) < 4.78 is 78.5. The molecule has 2 rings (SSSR count). The lowest BCUT2D eigenvalue weighted by Crippen LogP contribution is -2.46. The number of hydrogen-bond acceptors (Lipinski definition) is 2. The lowest BCUT2D eigenvalue weighted by Gasteiger charge is -2.18. The fraction of sp³-hybridized carbons (Fsp3) is 0.222. The Morgan fingerprint density at radius 1 is 0.966 bits per heavy atom. The SMILES string of the molecule is NC(=O)[C@H](Cc1cccc(I)c1)NC(=O)c1cc(C(F)(F)F)cc(C(F)(F)F)c1. The van der Waals surface area contributed by atoms with Crippen LogP contribution in [0.1, 0.15) is 27.0 Å². The van der Waals surface area contributed by atoms with Gasteiger partial charge in [-0.05, 0) is 58.5 Å². The predicted molar refractivity (Wildman–Crippen MR) is 99.8 cm³/mol. The molecule has 0 bridgehead atoms. The molecule has 0 fully saturated rings. The summed E-state index contributed by atoms with van der Waals surface area (Å²) in [4.78, 5) is 24.0. The Balaban J connectivity index is 2.35. The molecule has 4 nitrogen and oxygen atoms in total. The minimum atomic E-state index is -5.10. The highest BCUT2D eigenvalue weighted by Gasteiger charge is 2.37. The molecule has 0 saturated heterocycles. The Labute approximate surface area is 174 Å². The second-order valence-corrected chi connectivity index (χ2v) is 7.30. The number of nitrogens with one attached hydrogen (secondary N) is 1. The Kier molecular flexibility index (Phi) is 6.81. The van der Waals surface area contributed by atoms with E-state index in [0.717, 1.165) is 3.57 Å². The molecule has 0 saturated carbocycles. The Bertz CT molecular complexity index is 895. The summed E-state index contributed by atoms with van der Waals surface area (Å²) in [5, 5.41) is 2.11. The Hall–Kier alpha value is -2.31. The fourth-order valence-corrected chi connectivity index (χ4v) is 3.06. The van der Waals surface area contributed by atoms with Crippen molar-refractivity contribution in [3.05, 3.63) is 68.3 Å². The van der Waals surface area contributed by atoms with Crippen LogP contribution in [0.2, 0.25) is 0 Å². The average Bonchev–Trinajstić information content (AvgIpc) is 2.59. The lowest BCUT2D eigenvalue weighted by atomic mass is 10.0. The summed E-state index contributed by atoms with van der Waals surface area (Å²) in [6, 6.07) is 5.92. The molecular formula is C18H13F6IN2O2. The third-order valence-corrected chi connectivity index (χ3v) is 4.50. The maximum Gasteiger partial charge on any atom is 0.416 e. The van der Waals surface area contributed by atoms with Crippen molar-refractivity contribution in [2.24, 2.45) is 5.73 Å². The van der Waals surface area contributed by atoms with Gasteiger partial charge in [0.25, 0.3) is 5.91 Å². The molecular weight excluding hydrogens is 517 g/mol. The van der Waals surface area contributed by atoms with Gasteiger partial charge in [0.15, 0.2) is 0 Å². The third-order valence-electron chi connectivity index (χ3n) is 3.83. The van der Waals surface area contributed by atoms with E-state index < -0.39 is 46.9 Å². The maximum atomic E-state index is 12.9. The molecule has 0 aliphatic heterocycles. The van der Waals surface area contributed by atoms with Gasteiger partial charge in [0.05, 0.1) is 11.1 Å². The first-order valence-electron chi connectivity index (χ1n) is 7.91. The van der Waals surface area contributed by atoms with E-state index in [1.165, 1.54) is 0 Å². The van der Waals surface area contributed by atoms with Crippen LogP contribution in [0.3, 0.4) is 0 Å². The van der Waals surface area contributed by atoms with E-state index >= 15 is 0 Å². The van der Waals surface area contributed by atoms with E-state index in [4.69, 9.17) is 5.73 Å². The molecule has 1 atom stereocenters. The van der Waals surface area contributed by atoms with Crippen LogP contribution in [-0.2, 0) is 23.6 Å². The van der Waals surface area contributed by atoms with Crippen molar-refractivity contribution >= 4 is 34.4 Å². The average molecular weight is 530 g/mol. The first-order chi connectivity index (χ1) is 13.3. The Morgan fingerprint density at radius 2 is 1.52 bits per heavy atom. The minimum Gasteiger partial charge on any atom is -0.368 e. The molecule has 3 N–H and O–H groups in total. The molecule has 0 aliphatic rings. The van der Waals surface area contributed by atoms with Gasteiger partial charge in [0, 0.05) is 15.6 Å². The van der Waals surface area contributed by atoms with Crippen molar-refractivity contribution in [3.63, 3.8) is 0 Å². The molecule has 156 valence electrons. The molecule has 29 heavy (non-hydrogen) atoms. The summed E-state index contributed by atoms with van der Waals surface area (Å²) in [5.74, 6) is -2.27. The van der Waals surface area contributed by atoms with Gasteiger partial charge < -0.3 is 11.1 Å². The quantitative estimate of drug-likeness (QED) is 0.451. The van der Waals surface area contributed by atoms with Crippen molar-refractivity contribution in [1.82, 2.24) is 5.32 Å². The number of rotatable bonds is 5. The summed E-state index contributed by atoms with van der Waals surface area (Å²) in [7, 11) is 0. The van der Waals surface area contributed by atoms with Gasteiger partial charge in [0.1, 0.15) is 6.04 Å². The van der Waals surface area contributed by atoms with E-state index in [9.17, 15) is 35.9 Å². The number of carbonyl (C=O) groups excluding carboxylic acids is 2. The van der Waals surface area contributed by atoms with Gasteiger partial charge in [-0.2, -0.15) is 26.3 Å². The smallest absolute Gasteiger partial charge is 0.368 e. The Morgan fingerprint density at radius 3 is 1.97 bits per heavy atom. The minimum absolute atomic E-state index is 0.0804. The van der Waals surface area contributed by atoms with Crippen LogP contribution < -0.4 is 11.1 Å². The molecule has 0 aliphatic carbocycles. The number of hydrogen-bond donors (Lipinski definition) is 2. The van der Waals surface area contributed by atoms with Crippen LogP contribution in [0.15, 0.2) is 42.5 Å². The number of amides is 2. The van der Waals surface area contributed by atoms with E-state index in [0.29, 0.717) is 5.56 Å². The zero-order chi connectivity index (χ0) is 22.0. The number of nitrogens with two attached hydrogens (primary N) is 1. The second kappa shape index (κ2) is 8.59. The molecule has 0 spiro atoms. The molecule has 11 heteroatoms. The van der Waals surface area contributed by atoms with Crippen LogP contribution in [-0.4, -0.2) is 17.9 Å². The largest absolute Gasteiger partial charge is 0.416 e. The van der Waals surface area contributed by atoms with Gasteiger partial charge in [0.2, 0.25) is 5.91 Å². The zero-order valence-corrected chi connectivity index (χ0v) is 16.5. The van der Waals surface area contributed by atoms with Crippen molar-refractivity contribution in [2.45, 2.75) is 24.8 Å². The fourth-order valence-electron chi connectivity index (χ4n) is 2.45. The highest BCUT2D eigenvalue weighted by Crippen LogP contribution is 2.36. The van der Waals surface area contributed by atoms with Crippen molar-refractivity contribution in [2.75, 3.05) is 0 Å². The first-order valence-corrected chi connectivity index (χ1v) is 8.99. The zero-order valence-electron chi connectivity index (χ0n) is 14.4. The van der Waals surface area contributed by atoms with Crippen LogP contribution in [0.25, 0.3) is 0 Å². The molecule has 0 heterocycles. The highest BCUT2D eigenvalue weighted by molar-refractivity contribution is 14.1. The van der Waals surface area contributed by atoms with Crippen LogP contribution in [0.4, 0.5) is 26.3 Å². The van der Waals surface area contributed by atoms with E-state index in [2.05, 4.69) is 5.32 Å². The third kappa shape index (κ3) is 6.34. The van der Waals surface area contributed by atoms with Gasteiger partial charge in [-0.15, -0.1) is 0 Å². The van der Waals surface area contributed by atoms with E-state index in [1.807, 2.05) is 22.6 Å². The van der Waals surface area contributed by atoms with Crippen LogP contribution >= 0.6 is 22.6 Å². The molecule has 0 unspecified atom stereocenters. The standard InChI is InChI=1S/C18H13F6IN2O2/c19-17(20,21)11-6-10(7-12(8-11)18(22,23)24)16(29)27-14(15(26)28)5-9-2-1-3-13(25)4-9/h1-4,6-8,14H,5H2,(H2,26,28)(H,27,29)/t14-/m0/s1. The van der Waals surface area contributed by atoms with Crippen LogP contribution in [0.5, 0.6) is 0 Å². The van der Waals surface area contributed by atoms with Gasteiger partial charge in [-0.25, -0.2) is 0 Å². The maximum absolute atomic E-state index is 12.9. The molecule has 2 aromatic rings. The number of halogens is 7. The predicted octanol–water partition coefficient (Wildman–Crippen LogP) is 4.16. The van der Waals surface area contributed by atoms with Crippen molar-refractivity contribution in [1.29, 1.82) is 0 Å². The van der Waals surface area contributed by atoms with Crippen molar-refractivity contribution < 1.29 is 35.9 Å². The van der Waals surface area contributed by atoms with E-state index in [1.54, 1.807) is 24.3 Å². The normalized spacial score (nSPS) is 13.1. The molecule has 0 radical (unpaired) electrons. The molecule has 2 amide bonds. The summed E-state index contributed by atoms with van der Waals surface area (Å²) >= 11 is 2.01. The highest BCUT2D eigenvalue weighted by atomic mass is 127. The summed E-state index contributed by atoms with van der Waals surface area (Å²) in [5.41, 5.74) is 1.67. The van der Waals surface area contributed by atoms with Crippen molar-refractivity contribution in [3.8, 4) is 0 Å². The summed E-state index contributed by atoms with van der Waals surface area (Å²) in [6.45, 7) is 0. The lowest BCUT2D eigenvalue weighted by molar-refractivity contribution is -0.143. The molecule has 2 aromatic carbocycles. The first kappa shape index (κ1) is 23.0. The number of carbonyl (C=O) groups is 2. The van der Waals surface area contributed by atoms with Gasteiger partial charge in [-0.3, -0.25) is 9.59 Å². The van der Waals surface area contributed by atoms with Crippen LogP contribution in [0, 0.1) is 3.57 Å². The number of benzene rings is 2. The second-order valence-electron chi connectivity index (χ2n) is 6.06. The number of primary amides is 1. The molecule has 0 aromatic heterocycles. The van der Waals surface area contributed by atoms with Gasteiger partial charge >= 0.3 is 12.4 Å². The number of alkyl halides is 6. The van der Waals surface area contributed by atoms with Gasteiger partial charge in [-0.1, -0.05) is 12.1 Å². The van der Waals surface area contributed by atoms with E-state index in [-0.39, 0.29) is 24.6 Å². The topological polar surface area (TPSA) is 72.2 Å².